The second-order valence-electron chi connectivity index (χ2n) is 15.0. The van der Waals surface area contributed by atoms with E-state index in [0.717, 1.165) is 17.1 Å². The van der Waals surface area contributed by atoms with Crippen molar-refractivity contribution in [1.82, 2.24) is 4.57 Å². The fraction of sp³-hybridized carbons (Fsp3) is 0. The van der Waals surface area contributed by atoms with E-state index >= 15 is 0 Å². The Kier molecular flexibility index (Phi) is 9.27. The lowest BCUT2D eigenvalue weighted by Crippen LogP contribution is -2.09. The van der Waals surface area contributed by atoms with Crippen LogP contribution in [-0.2, 0) is 0 Å². The smallest absolute Gasteiger partial charge is 0.0541 e. The van der Waals surface area contributed by atoms with E-state index in [1.165, 1.54) is 80.4 Å². The lowest BCUT2D eigenvalue weighted by atomic mass is 10.0. The largest absolute Gasteiger partial charge is 0.311 e. The quantitative estimate of drug-likeness (QED) is 0.141. The molecule has 3 heterocycles. The van der Waals surface area contributed by atoms with Crippen molar-refractivity contribution in [2.24, 2.45) is 0 Å². The SMILES string of the molecule is c1ccc(-c2ccc(-c3ccc(N(c4ccc(-c5ccc6c(c5)c5ccccc5n6-c5ccccc5)cc4)c4ccc(-c5ccc(-c6ccccc6)s5)cc4)cc3)s2)cc1. The highest BCUT2D eigenvalue weighted by Crippen LogP contribution is 2.42. The molecule has 0 amide bonds. The van der Waals surface area contributed by atoms with Crippen molar-refractivity contribution in [2.45, 2.75) is 0 Å². The number of anilines is 3. The van der Waals surface area contributed by atoms with Gasteiger partial charge < -0.3 is 9.47 Å². The van der Waals surface area contributed by atoms with Crippen LogP contribution in [0.2, 0.25) is 0 Å². The van der Waals surface area contributed by atoms with Crippen LogP contribution >= 0.6 is 22.7 Å². The molecule has 0 saturated carbocycles. The molecule has 4 heteroatoms. The summed E-state index contributed by atoms with van der Waals surface area (Å²) >= 11 is 3.66. The minimum atomic E-state index is 1.10. The molecule has 60 heavy (non-hydrogen) atoms. The first-order valence-electron chi connectivity index (χ1n) is 20.2. The standard InChI is InChI=1S/C56H38N2S2/c1-4-12-40(13-5-1)53-34-36-55(59-53)42-22-29-47(30-23-42)57(48-31-24-43(25-32-48)56-37-35-54(60-56)41-14-6-2-7-15-41)46-27-20-39(21-28-46)44-26-33-52-50(38-44)49-18-10-11-19-51(49)58(52)45-16-8-3-9-17-45/h1-38H. The number of benzene rings is 8. The lowest BCUT2D eigenvalue weighted by molar-refractivity contribution is 1.18. The summed E-state index contributed by atoms with van der Waals surface area (Å²) in [7, 11) is 0. The molecule has 8 aromatic carbocycles. The number of aromatic nitrogens is 1. The molecule has 284 valence electrons. The molecule has 0 spiro atoms. The Morgan fingerprint density at radius 3 is 1.17 bits per heavy atom. The molecule has 0 aliphatic heterocycles. The van der Waals surface area contributed by atoms with Crippen molar-refractivity contribution in [3.63, 3.8) is 0 Å². The Morgan fingerprint density at radius 2 is 0.667 bits per heavy atom. The van der Waals surface area contributed by atoms with Crippen molar-refractivity contribution >= 4 is 61.5 Å². The Balaban J connectivity index is 0.946. The van der Waals surface area contributed by atoms with Gasteiger partial charge in [-0.1, -0.05) is 140 Å². The summed E-state index contributed by atoms with van der Waals surface area (Å²) < 4.78 is 2.37. The van der Waals surface area contributed by atoms with Crippen LogP contribution in [-0.4, -0.2) is 4.57 Å². The Hall–Kier alpha value is -7.24. The fourth-order valence-electron chi connectivity index (χ4n) is 8.31. The fourth-order valence-corrected chi connectivity index (χ4v) is 10.3. The molecule has 0 N–H and O–H groups in total. The molecule has 0 unspecified atom stereocenters. The Labute approximate surface area is 358 Å². The first-order chi connectivity index (χ1) is 29.7. The molecular weight excluding hydrogens is 765 g/mol. The Morgan fingerprint density at radius 1 is 0.283 bits per heavy atom. The normalized spacial score (nSPS) is 11.3. The first kappa shape index (κ1) is 35.9. The van der Waals surface area contributed by atoms with Gasteiger partial charge in [0.05, 0.1) is 11.0 Å². The first-order valence-corrected chi connectivity index (χ1v) is 21.9. The minimum Gasteiger partial charge on any atom is -0.311 e. The van der Waals surface area contributed by atoms with Gasteiger partial charge in [-0.3, -0.25) is 0 Å². The maximum atomic E-state index is 2.37. The molecule has 0 bridgehead atoms. The summed E-state index contributed by atoms with van der Waals surface area (Å²) in [5.41, 5.74) is 14.2. The predicted octanol–water partition coefficient (Wildman–Crippen LogP) is 16.7. The van der Waals surface area contributed by atoms with E-state index in [1.807, 2.05) is 22.7 Å². The lowest BCUT2D eigenvalue weighted by Gasteiger charge is -2.26. The van der Waals surface area contributed by atoms with E-state index in [1.54, 1.807) is 0 Å². The highest BCUT2D eigenvalue weighted by molar-refractivity contribution is 7.19. The van der Waals surface area contributed by atoms with Gasteiger partial charge in [0.15, 0.2) is 0 Å². The van der Waals surface area contributed by atoms with Crippen LogP contribution in [0.1, 0.15) is 0 Å². The van der Waals surface area contributed by atoms with Crippen LogP contribution in [0, 0.1) is 0 Å². The van der Waals surface area contributed by atoms with E-state index in [0.29, 0.717) is 0 Å². The second-order valence-corrected chi connectivity index (χ2v) is 17.1. The number of rotatable bonds is 9. The molecule has 2 nitrogen and oxygen atoms in total. The molecule has 0 radical (unpaired) electrons. The monoisotopic (exact) mass is 802 g/mol. The third kappa shape index (κ3) is 6.72. The summed E-state index contributed by atoms with van der Waals surface area (Å²) in [5, 5.41) is 2.51. The second kappa shape index (κ2) is 15.5. The average molecular weight is 803 g/mol. The maximum absolute atomic E-state index is 2.37. The van der Waals surface area contributed by atoms with Crippen LogP contribution in [0.3, 0.4) is 0 Å². The van der Waals surface area contributed by atoms with E-state index in [-0.39, 0.29) is 0 Å². The summed E-state index contributed by atoms with van der Waals surface area (Å²) in [6.45, 7) is 0. The van der Waals surface area contributed by atoms with Crippen LogP contribution in [0.25, 0.3) is 80.4 Å². The van der Waals surface area contributed by atoms with Crippen molar-refractivity contribution < 1.29 is 0 Å². The van der Waals surface area contributed by atoms with E-state index in [9.17, 15) is 0 Å². The number of fused-ring (bicyclic) bond motifs is 3. The van der Waals surface area contributed by atoms with Gasteiger partial charge in [0.25, 0.3) is 0 Å². The van der Waals surface area contributed by atoms with E-state index < -0.39 is 0 Å². The van der Waals surface area contributed by atoms with Crippen molar-refractivity contribution in [3.05, 3.63) is 231 Å². The van der Waals surface area contributed by atoms with Crippen LogP contribution in [0.15, 0.2) is 231 Å². The minimum absolute atomic E-state index is 1.10. The molecule has 11 aromatic rings. The third-order valence-electron chi connectivity index (χ3n) is 11.3. The number of nitrogens with zero attached hydrogens (tertiary/aromatic N) is 2. The summed E-state index contributed by atoms with van der Waals surface area (Å²) in [5.74, 6) is 0. The molecule has 0 saturated heterocycles. The zero-order valence-corrected chi connectivity index (χ0v) is 34.3. The van der Waals surface area contributed by atoms with Gasteiger partial charge in [-0.25, -0.2) is 0 Å². The van der Waals surface area contributed by atoms with E-state index in [4.69, 9.17) is 0 Å². The molecule has 0 aliphatic carbocycles. The van der Waals surface area contributed by atoms with Gasteiger partial charge in [0, 0.05) is 53.0 Å². The molecule has 0 fully saturated rings. The van der Waals surface area contributed by atoms with Gasteiger partial charge in [0.1, 0.15) is 0 Å². The molecular formula is C56H38N2S2. The van der Waals surface area contributed by atoms with Crippen LogP contribution in [0.5, 0.6) is 0 Å². The maximum Gasteiger partial charge on any atom is 0.0541 e. The summed E-state index contributed by atoms with van der Waals surface area (Å²) in [6, 6.07) is 83.5. The van der Waals surface area contributed by atoms with Crippen molar-refractivity contribution in [2.75, 3.05) is 4.90 Å². The average Bonchev–Trinajstić information content (AvgIpc) is 4.10. The number of hydrogen-bond donors (Lipinski definition) is 0. The number of para-hydroxylation sites is 2. The molecule has 0 atom stereocenters. The summed E-state index contributed by atoms with van der Waals surface area (Å²) in [6.07, 6.45) is 0. The molecule has 11 rings (SSSR count). The number of thiophene rings is 2. The van der Waals surface area contributed by atoms with E-state index in [2.05, 4.69) is 240 Å². The van der Waals surface area contributed by atoms with Gasteiger partial charge in [-0.05, 0) is 124 Å². The zero-order chi connectivity index (χ0) is 39.8. The molecule has 3 aromatic heterocycles. The number of hydrogen-bond acceptors (Lipinski definition) is 3. The third-order valence-corrected chi connectivity index (χ3v) is 13.7. The van der Waals surface area contributed by atoms with Crippen molar-refractivity contribution in [1.29, 1.82) is 0 Å². The topological polar surface area (TPSA) is 8.17 Å². The molecule has 0 aliphatic rings. The summed E-state index contributed by atoms with van der Waals surface area (Å²) in [4.78, 5) is 7.44. The van der Waals surface area contributed by atoms with Crippen LogP contribution < -0.4 is 4.90 Å². The zero-order valence-electron chi connectivity index (χ0n) is 32.7. The van der Waals surface area contributed by atoms with Crippen molar-refractivity contribution in [3.8, 4) is 58.6 Å². The van der Waals surface area contributed by atoms with Crippen LogP contribution in [0.4, 0.5) is 17.1 Å². The van der Waals surface area contributed by atoms with Gasteiger partial charge in [-0.15, -0.1) is 22.7 Å². The van der Waals surface area contributed by atoms with Gasteiger partial charge in [-0.2, -0.15) is 0 Å². The van der Waals surface area contributed by atoms with Gasteiger partial charge in [0.2, 0.25) is 0 Å². The van der Waals surface area contributed by atoms with Gasteiger partial charge >= 0.3 is 0 Å². The highest BCUT2D eigenvalue weighted by atomic mass is 32.1. The predicted molar refractivity (Wildman–Crippen MR) is 258 cm³/mol. The Bertz CT molecular complexity index is 3090. The highest BCUT2D eigenvalue weighted by Gasteiger charge is 2.17.